The molecule has 0 atom stereocenters. The zero-order valence-corrected chi connectivity index (χ0v) is 25.6. The van der Waals surface area contributed by atoms with Crippen molar-refractivity contribution in [2.45, 2.75) is 69.7 Å². The van der Waals surface area contributed by atoms with E-state index in [1.54, 1.807) is 55.6 Å². The van der Waals surface area contributed by atoms with E-state index < -0.39 is 11.5 Å². The number of hydrogen-bond acceptors (Lipinski definition) is 5. The van der Waals surface area contributed by atoms with Crippen LogP contribution in [0.1, 0.15) is 85.8 Å². The lowest BCUT2D eigenvalue weighted by atomic mass is 9.75. The number of anilines is 1. The van der Waals surface area contributed by atoms with Crippen molar-refractivity contribution >= 4 is 35.2 Å². The topological polar surface area (TPSA) is 107 Å². The van der Waals surface area contributed by atoms with Gasteiger partial charge in [-0.2, -0.15) is 5.10 Å². The number of fused-ring (bicyclic) bond motifs is 1. The number of aryl methyl sites for hydroxylation is 1. The van der Waals surface area contributed by atoms with Crippen molar-refractivity contribution in [3.63, 3.8) is 0 Å². The molecule has 6 rings (SSSR count). The van der Waals surface area contributed by atoms with Gasteiger partial charge in [-0.15, -0.1) is 0 Å². The van der Waals surface area contributed by atoms with Crippen LogP contribution in [0.5, 0.6) is 0 Å². The summed E-state index contributed by atoms with van der Waals surface area (Å²) in [6.45, 7) is 2.06. The average molecular weight is 612 g/mol. The molecule has 2 aliphatic rings. The summed E-state index contributed by atoms with van der Waals surface area (Å²) in [5.74, 6) is -1.08. The highest BCUT2D eigenvalue weighted by Gasteiger charge is 2.46. The van der Waals surface area contributed by atoms with Crippen molar-refractivity contribution in [2.75, 3.05) is 11.9 Å². The molecule has 9 nitrogen and oxygen atoms in total. The first-order valence-corrected chi connectivity index (χ1v) is 15.7. The minimum atomic E-state index is -1.04. The molecule has 0 spiro atoms. The summed E-state index contributed by atoms with van der Waals surface area (Å²) >= 11 is 0. The molecule has 45 heavy (non-hydrogen) atoms. The van der Waals surface area contributed by atoms with Crippen molar-refractivity contribution in [3.8, 4) is 11.3 Å². The number of benzene rings is 2. The van der Waals surface area contributed by atoms with Gasteiger partial charge in [0.1, 0.15) is 22.6 Å². The van der Waals surface area contributed by atoms with Gasteiger partial charge in [-0.3, -0.25) is 9.59 Å². The molecular weight excluding hydrogens is 573 g/mol. The number of carbonyl (C=O) groups excluding carboxylic acids is 3. The fraction of sp³-hybridized carbons (Fsp3) is 0.371. The van der Waals surface area contributed by atoms with E-state index in [0.717, 1.165) is 54.6 Å². The van der Waals surface area contributed by atoms with Crippen molar-refractivity contribution in [1.29, 1.82) is 0 Å². The molecular formula is C35H38FN5O4. The Kier molecular flexibility index (Phi) is 8.56. The van der Waals surface area contributed by atoms with E-state index in [2.05, 4.69) is 10.6 Å². The lowest BCUT2D eigenvalue weighted by Gasteiger charge is -2.40. The molecule has 2 aromatic carbocycles. The molecule has 4 aromatic rings. The maximum absolute atomic E-state index is 13.9. The van der Waals surface area contributed by atoms with Crippen LogP contribution < -0.4 is 10.6 Å². The Labute approximate surface area is 261 Å². The van der Waals surface area contributed by atoms with E-state index in [4.69, 9.17) is 9.84 Å². The second kappa shape index (κ2) is 12.7. The number of hydrogen-bond donors (Lipinski definition) is 2. The quantitative estimate of drug-likeness (QED) is 0.168. The largest absolute Gasteiger partial charge is 0.463 e. The Morgan fingerprint density at radius 1 is 1.02 bits per heavy atom. The van der Waals surface area contributed by atoms with Crippen LogP contribution in [-0.4, -0.2) is 44.1 Å². The number of imidazole rings is 1. The molecule has 10 heteroatoms. The van der Waals surface area contributed by atoms with E-state index in [0.29, 0.717) is 36.3 Å². The Balaban J connectivity index is 1.25. The van der Waals surface area contributed by atoms with Crippen molar-refractivity contribution < 1.29 is 23.5 Å². The summed E-state index contributed by atoms with van der Waals surface area (Å²) in [6.07, 6.45) is 12.0. The Morgan fingerprint density at radius 3 is 2.38 bits per heavy atom. The van der Waals surface area contributed by atoms with Gasteiger partial charge in [0.05, 0.1) is 24.2 Å². The number of nitrogens with one attached hydrogen (secondary N) is 2. The third-order valence-electron chi connectivity index (χ3n) is 9.08. The second-order valence-corrected chi connectivity index (χ2v) is 12.0. The Bertz CT molecular complexity index is 1740. The number of amides is 2. The fourth-order valence-corrected chi connectivity index (χ4v) is 6.58. The summed E-state index contributed by atoms with van der Waals surface area (Å²) in [7, 11) is 1.91. The lowest BCUT2D eigenvalue weighted by Crippen LogP contribution is -2.61. The number of ether oxygens (including phenoxy) is 1. The van der Waals surface area contributed by atoms with Gasteiger partial charge in [-0.1, -0.05) is 31.4 Å². The van der Waals surface area contributed by atoms with Crippen molar-refractivity contribution in [1.82, 2.24) is 19.5 Å². The highest BCUT2D eigenvalue weighted by Crippen LogP contribution is 2.40. The number of nitrogens with zero attached hydrogens (tertiary/aromatic N) is 3. The van der Waals surface area contributed by atoms with Crippen molar-refractivity contribution in [2.24, 2.45) is 7.05 Å². The summed E-state index contributed by atoms with van der Waals surface area (Å²) in [5.41, 5.74) is 4.20. The minimum Gasteiger partial charge on any atom is -0.463 e. The van der Waals surface area contributed by atoms with E-state index in [1.807, 2.05) is 16.1 Å². The molecule has 2 amide bonds. The van der Waals surface area contributed by atoms with Gasteiger partial charge >= 0.3 is 5.97 Å². The Hall–Kier alpha value is -4.73. The zero-order valence-electron chi connectivity index (χ0n) is 25.6. The molecule has 2 aromatic heterocycles. The van der Waals surface area contributed by atoms with Crippen LogP contribution in [0.3, 0.4) is 0 Å². The predicted octanol–water partition coefficient (Wildman–Crippen LogP) is 6.39. The lowest BCUT2D eigenvalue weighted by molar-refractivity contribution is -0.137. The molecule has 0 unspecified atom stereocenters. The second-order valence-electron chi connectivity index (χ2n) is 12.0. The molecule has 2 heterocycles. The van der Waals surface area contributed by atoms with Crippen LogP contribution in [0.25, 0.3) is 23.0 Å². The van der Waals surface area contributed by atoms with Crippen LogP contribution in [0, 0.1) is 5.82 Å². The van der Waals surface area contributed by atoms with Gasteiger partial charge in [0.25, 0.3) is 5.91 Å². The summed E-state index contributed by atoms with van der Waals surface area (Å²) in [4.78, 5) is 39.0. The van der Waals surface area contributed by atoms with Crippen LogP contribution in [-0.2, 0) is 21.4 Å². The number of esters is 1. The number of carbonyl (C=O) groups is 3. The third-order valence-corrected chi connectivity index (χ3v) is 9.08. The van der Waals surface area contributed by atoms with E-state index in [9.17, 15) is 18.8 Å². The van der Waals surface area contributed by atoms with Gasteiger partial charge in [-0.05, 0) is 87.1 Å². The molecule has 0 radical (unpaired) electrons. The van der Waals surface area contributed by atoms with Gasteiger partial charge in [0, 0.05) is 30.3 Å². The van der Waals surface area contributed by atoms with Gasteiger partial charge < -0.3 is 19.9 Å². The van der Waals surface area contributed by atoms with Crippen LogP contribution in [0.15, 0.2) is 60.8 Å². The normalized spacial score (nSPS) is 16.4. The number of aromatic nitrogens is 3. The molecule has 0 bridgehead atoms. The maximum Gasteiger partial charge on any atom is 0.330 e. The van der Waals surface area contributed by atoms with E-state index in [-0.39, 0.29) is 23.5 Å². The molecule has 0 aliphatic heterocycles. The summed E-state index contributed by atoms with van der Waals surface area (Å²) in [6, 6.07) is 13.5. The molecule has 2 aliphatic carbocycles. The monoisotopic (exact) mass is 611 g/mol. The van der Waals surface area contributed by atoms with Gasteiger partial charge in [0.2, 0.25) is 5.91 Å². The van der Waals surface area contributed by atoms with E-state index >= 15 is 0 Å². The summed E-state index contributed by atoms with van der Waals surface area (Å²) in [5, 5.41) is 10.7. The minimum absolute atomic E-state index is 0.272. The number of halogens is 1. The van der Waals surface area contributed by atoms with Crippen LogP contribution in [0.4, 0.5) is 10.1 Å². The van der Waals surface area contributed by atoms with Crippen LogP contribution >= 0.6 is 0 Å². The molecule has 2 saturated carbocycles. The average Bonchev–Trinajstić information content (AvgIpc) is 3.58. The standard InChI is InChI=1S/C35H38FN5O4/c1-3-45-29(42)19-12-23-10-17-27(18-11-23)38-34(44)35(20-7-21-35)39-32(43)28-22-37-41-31(24-8-5-4-6-9-24)30(40(2)33(28)41)25-13-15-26(36)16-14-25/h10-19,22,24H,3-9,20-21H2,1-2H3,(H,38,44)(H,39,43)/b19-12+. The smallest absolute Gasteiger partial charge is 0.330 e. The highest BCUT2D eigenvalue weighted by atomic mass is 19.1. The van der Waals surface area contributed by atoms with E-state index in [1.165, 1.54) is 24.6 Å². The third kappa shape index (κ3) is 6.01. The SMILES string of the molecule is CCOC(=O)/C=C/c1ccc(NC(=O)C2(NC(=O)c3cnn4c(C5CCCCC5)c(-c5ccc(F)cc5)n(C)c34)CCC2)cc1. The van der Waals surface area contributed by atoms with Crippen molar-refractivity contribution in [3.05, 3.63) is 83.4 Å². The first-order valence-electron chi connectivity index (χ1n) is 15.7. The molecule has 2 N–H and O–H groups in total. The van der Waals surface area contributed by atoms with Gasteiger partial charge in [0.15, 0.2) is 0 Å². The van der Waals surface area contributed by atoms with Crippen LogP contribution in [0.2, 0.25) is 0 Å². The maximum atomic E-state index is 13.9. The predicted molar refractivity (Wildman–Crippen MR) is 170 cm³/mol. The number of rotatable bonds is 9. The fourth-order valence-electron chi connectivity index (χ4n) is 6.58. The molecule has 2 fully saturated rings. The Morgan fingerprint density at radius 2 is 1.73 bits per heavy atom. The first kappa shape index (κ1) is 30.3. The first-order chi connectivity index (χ1) is 21.8. The molecule has 0 saturated heterocycles. The zero-order chi connectivity index (χ0) is 31.6. The van der Waals surface area contributed by atoms with Gasteiger partial charge in [-0.25, -0.2) is 13.7 Å². The highest BCUT2D eigenvalue weighted by molar-refractivity contribution is 6.06. The molecule has 234 valence electrons. The summed E-state index contributed by atoms with van der Waals surface area (Å²) < 4.78 is 22.6.